The van der Waals surface area contributed by atoms with Crippen LogP contribution in [0.1, 0.15) is 41.5 Å². The molecule has 1 N–H and O–H groups in total. The Morgan fingerprint density at radius 1 is 1.35 bits per heavy atom. The average Bonchev–Trinajstić information content (AvgIpc) is 3.16. The van der Waals surface area contributed by atoms with E-state index in [-0.39, 0.29) is 18.1 Å². The van der Waals surface area contributed by atoms with Crippen molar-refractivity contribution in [1.29, 1.82) is 0 Å². The fourth-order valence-electron chi connectivity index (χ4n) is 2.85. The number of nitrogens with zero attached hydrogens (tertiary/aromatic N) is 2. The van der Waals surface area contributed by atoms with Crippen molar-refractivity contribution in [3.05, 3.63) is 52.5 Å². The number of halogens is 1. The molecule has 2 aromatic heterocycles. The molecule has 0 saturated heterocycles. The molecule has 26 heavy (non-hydrogen) atoms. The second-order valence-electron chi connectivity index (χ2n) is 6.52. The summed E-state index contributed by atoms with van der Waals surface area (Å²) in [6.45, 7) is 1.94. The first-order valence-electron chi connectivity index (χ1n) is 8.57. The number of aryl methyl sites for hydroxylation is 1. The first-order chi connectivity index (χ1) is 12.6. The lowest BCUT2D eigenvalue weighted by Crippen LogP contribution is -2.14. The van der Waals surface area contributed by atoms with Gasteiger partial charge >= 0.3 is 0 Å². The Hall–Kier alpha value is -2.54. The molecule has 0 aliphatic heterocycles. The van der Waals surface area contributed by atoms with Gasteiger partial charge in [0.1, 0.15) is 5.82 Å². The van der Waals surface area contributed by atoms with Crippen LogP contribution in [0.2, 0.25) is 0 Å². The van der Waals surface area contributed by atoms with Gasteiger partial charge in [0.15, 0.2) is 0 Å². The predicted molar refractivity (Wildman–Crippen MR) is 97.7 cm³/mol. The van der Waals surface area contributed by atoms with Gasteiger partial charge in [-0.05, 0) is 43.5 Å². The number of anilines is 1. The lowest BCUT2D eigenvalue weighted by molar-refractivity contribution is -0.115. The van der Waals surface area contributed by atoms with Crippen LogP contribution in [0.15, 0.2) is 34.9 Å². The molecular formula is C19H18FN3O2S. The quantitative estimate of drug-likeness (QED) is 0.706. The van der Waals surface area contributed by atoms with Gasteiger partial charge in [0.05, 0.1) is 17.0 Å². The smallest absolute Gasteiger partial charge is 0.230 e. The van der Waals surface area contributed by atoms with Crippen molar-refractivity contribution >= 4 is 22.9 Å². The number of amides is 1. The van der Waals surface area contributed by atoms with E-state index in [4.69, 9.17) is 4.52 Å². The zero-order chi connectivity index (χ0) is 18.1. The Kier molecular flexibility index (Phi) is 4.55. The lowest BCUT2D eigenvalue weighted by Gasteiger charge is -2.20. The summed E-state index contributed by atoms with van der Waals surface area (Å²) in [6, 6.07) is 7.81. The molecule has 0 bridgehead atoms. The highest BCUT2D eigenvalue weighted by Gasteiger charge is 2.26. The monoisotopic (exact) mass is 371 g/mol. The number of benzene rings is 1. The van der Waals surface area contributed by atoms with Gasteiger partial charge < -0.3 is 9.84 Å². The third kappa shape index (κ3) is 3.53. The van der Waals surface area contributed by atoms with Gasteiger partial charge in [-0.25, -0.2) is 4.39 Å². The number of hydrogen-bond acceptors (Lipinski definition) is 5. The van der Waals surface area contributed by atoms with E-state index in [9.17, 15) is 9.18 Å². The standard InChI is InChI=1S/C19H18FN3O2S/c1-11-15(21-17(24)9-12-5-7-14(20)8-6-12)10-16(26-11)18-22-19(25-23-18)13-3-2-4-13/h5-8,10,13H,2-4,9H2,1H3,(H,21,24). The Morgan fingerprint density at radius 2 is 2.12 bits per heavy atom. The Balaban J connectivity index is 1.45. The Bertz CT molecular complexity index is 929. The van der Waals surface area contributed by atoms with E-state index in [1.54, 1.807) is 12.1 Å². The van der Waals surface area contributed by atoms with Gasteiger partial charge in [-0.2, -0.15) is 4.98 Å². The molecule has 0 atom stereocenters. The van der Waals surface area contributed by atoms with Crippen LogP contribution >= 0.6 is 11.3 Å². The van der Waals surface area contributed by atoms with Crippen LogP contribution in [0.4, 0.5) is 10.1 Å². The van der Waals surface area contributed by atoms with Crippen molar-refractivity contribution in [2.75, 3.05) is 5.32 Å². The van der Waals surface area contributed by atoms with Crippen LogP contribution in [0, 0.1) is 12.7 Å². The molecule has 0 radical (unpaired) electrons. The molecular weight excluding hydrogens is 353 g/mol. The molecule has 3 aromatic rings. The fraction of sp³-hybridized carbons (Fsp3) is 0.316. The summed E-state index contributed by atoms with van der Waals surface area (Å²) in [6.07, 6.45) is 3.62. The van der Waals surface area contributed by atoms with Crippen LogP contribution in [-0.4, -0.2) is 16.0 Å². The van der Waals surface area contributed by atoms with E-state index in [0.29, 0.717) is 17.6 Å². The number of aromatic nitrogens is 2. The van der Waals surface area contributed by atoms with Gasteiger partial charge in [-0.15, -0.1) is 11.3 Å². The predicted octanol–water partition coefficient (Wildman–Crippen LogP) is 4.69. The van der Waals surface area contributed by atoms with Crippen molar-refractivity contribution in [2.24, 2.45) is 0 Å². The van der Waals surface area contributed by atoms with Crippen LogP contribution in [0.25, 0.3) is 10.7 Å². The average molecular weight is 371 g/mol. The van der Waals surface area contributed by atoms with Crippen LogP contribution in [0.5, 0.6) is 0 Å². The minimum Gasteiger partial charge on any atom is -0.339 e. The zero-order valence-corrected chi connectivity index (χ0v) is 15.1. The molecule has 1 saturated carbocycles. The fourth-order valence-corrected chi connectivity index (χ4v) is 3.76. The molecule has 0 spiro atoms. The highest BCUT2D eigenvalue weighted by molar-refractivity contribution is 7.16. The van der Waals surface area contributed by atoms with Crippen molar-refractivity contribution in [3.8, 4) is 10.7 Å². The summed E-state index contributed by atoms with van der Waals surface area (Å²) < 4.78 is 18.3. The van der Waals surface area contributed by atoms with Crippen molar-refractivity contribution in [2.45, 2.75) is 38.5 Å². The van der Waals surface area contributed by atoms with Crippen LogP contribution < -0.4 is 5.32 Å². The number of rotatable bonds is 5. The van der Waals surface area contributed by atoms with Gasteiger partial charge in [-0.3, -0.25) is 4.79 Å². The van der Waals surface area contributed by atoms with Crippen molar-refractivity contribution < 1.29 is 13.7 Å². The van der Waals surface area contributed by atoms with Crippen molar-refractivity contribution in [3.63, 3.8) is 0 Å². The van der Waals surface area contributed by atoms with Gasteiger partial charge in [-0.1, -0.05) is 23.7 Å². The summed E-state index contributed by atoms with van der Waals surface area (Å²) in [5.41, 5.74) is 1.51. The highest BCUT2D eigenvalue weighted by atomic mass is 32.1. The second-order valence-corrected chi connectivity index (χ2v) is 7.77. The Morgan fingerprint density at radius 3 is 2.81 bits per heavy atom. The van der Waals surface area contributed by atoms with E-state index in [2.05, 4.69) is 15.5 Å². The normalized spacial score (nSPS) is 14.2. The molecule has 4 rings (SSSR count). The SMILES string of the molecule is Cc1sc(-c2noc(C3CCC3)n2)cc1NC(=O)Cc1ccc(F)cc1. The molecule has 0 unspecified atom stereocenters. The van der Waals surface area contributed by atoms with E-state index in [0.717, 1.165) is 33.8 Å². The van der Waals surface area contributed by atoms with Gasteiger partial charge in [0, 0.05) is 10.8 Å². The van der Waals surface area contributed by atoms with E-state index in [1.807, 2.05) is 13.0 Å². The van der Waals surface area contributed by atoms with Gasteiger partial charge in [0.25, 0.3) is 0 Å². The summed E-state index contributed by atoms with van der Waals surface area (Å²) in [4.78, 5) is 18.6. The minimum absolute atomic E-state index is 0.146. The third-order valence-electron chi connectivity index (χ3n) is 4.59. The maximum Gasteiger partial charge on any atom is 0.230 e. The topological polar surface area (TPSA) is 68.0 Å². The summed E-state index contributed by atoms with van der Waals surface area (Å²) >= 11 is 1.52. The van der Waals surface area contributed by atoms with Crippen LogP contribution in [-0.2, 0) is 11.2 Å². The molecule has 7 heteroatoms. The summed E-state index contributed by atoms with van der Waals surface area (Å²) in [7, 11) is 0. The van der Waals surface area contributed by atoms with Crippen molar-refractivity contribution in [1.82, 2.24) is 10.1 Å². The minimum atomic E-state index is -0.311. The zero-order valence-electron chi connectivity index (χ0n) is 14.3. The Labute approximate surface area is 154 Å². The van der Waals surface area contributed by atoms with E-state index >= 15 is 0 Å². The third-order valence-corrected chi connectivity index (χ3v) is 5.63. The maximum absolute atomic E-state index is 12.9. The number of carbonyl (C=O) groups is 1. The molecule has 1 aliphatic carbocycles. The maximum atomic E-state index is 12.9. The largest absolute Gasteiger partial charge is 0.339 e. The molecule has 1 fully saturated rings. The first-order valence-corrected chi connectivity index (χ1v) is 9.39. The first kappa shape index (κ1) is 16.9. The second kappa shape index (κ2) is 6.99. The number of thiophene rings is 1. The lowest BCUT2D eigenvalue weighted by atomic mass is 9.85. The summed E-state index contributed by atoms with van der Waals surface area (Å²) in [5, 5.41) is 6.98. The number of carbonyl (C=O) groups excluding carboxylic acids is 1. The van der Waals surface area contributed by atoms with Crippen LogP contribution in [0.3, 0.4) is 0 Å². The van der Waals surface area contributed by atoms with E-state index in [1.165, 1.54) is 29.9 Å². The number of nitrogens with one attached hydrogen (secondary N) is 1. The molecule has 134 valence electrons. The number of hydrogen-bond donors (Lipinski definition) is 1. The molecule has 5 nitrogen and oxygen atoms in total. The molecule has 1 amide bonds. The molecule has 1 aliphatic rings. The summed E-state index contributed by atoms with van der Waals surface area (Å²) in [5.74, 6) is 1.21. The molecule has 2 heterocycles. The molecule has 1 aromatic carbocycles. The highest BCUT2D eigenvalue weighted by Crippen LogP contribution is 2.38. The van der Waals surface area contributed by atoms with E-state index < -0.39 is 0 Å². The van der Waals surface area contributed by atoms with Gasteiger partial charge in [0.2, 0.25) is 17.6 Å².